The monoisotopic (exact) mass is 681 g/mol. The van der Waals surface area contributed by atoms with Crippen LogP contribution in [0, 0.1) is 32.6 Å². The van der Waals surface area contributed by atoms with Gasteiger partial charge in [-0.15, -0.1) is 0 Å². The third-order valence-electron chi connectivity index (χ3n) is 8.52. The number of hydrogen-bond acceptors (Lipinski definition) is 9. The van der Waals surface area contributed by atoms with Crippen LogP contribution < -0.4 is 10.6 Å². The molecule has 0 spiro atoms. The van der Waals surface area contributed by atoms with Gasteiger partial charge in [0, 0.05) is 69.3 Å². The normalized spacial score (nSPS) is 15.0. The lowest BCUT2D eigenvalue weighted by molar-refractivity contribution is -0.451. The molecule has 0 radical (unpaired) electrons. The number of nitrogens with one attached hydrogen (secondary N) is 2. The average molecular weight is 682 g/mol. The van der Waals surface area contributed by atoms with Gasteiger partial charge in [-0.2, -0.15) is 4.58 Å². The summed E-state index contributed by atoms with van der Waals surface area (Å²) in [5.74, 6) is 5.37. The molecule has 0 bridgehead atoms. The van der Waals surface area contributed by atoms with Crippen molar-refractivity contribution in [1.29, 1.82) is 0 Å². The first-order chi connectivity index (χ1) is 23.9. The molecule has 0 unspecified atom stereocenters. The van der Waals surface area contributed by atoms with Gasteiger partial charge in [0.1, 0.15) is 11.6 Å². The molecule has 12 heteroatoms. The van der Waals surface area contributed by atoms with Gasteiger partial charge in [0.25, 0.3) is 11.8 Å². The van der Waals surface area contributed by atoms with Crippen molar-refractivity contribution in [2.45, 2.75) is 39.7 Å². The zero-order valence-corrected chi connectivity index (χ0v) is 29.6. The maximum atomic E-state index is 12.8. The quantitative estimate of drug-likeness (QED) is 0.185. The summed E-state index contributed by atoms with van der Waals surface area (Å²) in [6, 6.07) is 8.75. The topological polar surface area (TPSA) is 146 Å². The molecule has 2 aliphatic heterocycles. The van der Waals surface area contributed by atoms with Gasteiger partial charge in [0.05, 0.1) is 31.9 Å². The van der Waals surface area contributed by atoms with Crippen LogP contribution in [0.25, 0.3) is 0 Å². The Labute approximate surface area is 293 Å². The second-order valence-electron chi connectivity index (χ2n) is 12.3. The number of amides is 3. The molecule has 1 saturated heterocycles. The van der Waals surface area contributed by atoms with Crippen LogP contribution in [0.15, 0.2) is 55.4 Å². The van der Waals surface area contributed by atoms with Gasteiger partial charge in [-0.1, -0.05) is 24.5 Å². The maximum absolute atomic E-state index is 12.8. The van der Waals surface area contributed by atoms with E-state index >= 15 is 0 Å². The number of carbonyl (C=O) groups excluding carboxylic acids is 3. The van der Waals surface area contributed by atoms with Crippen LogP contribution in [0.3, 0.4) is 0 Å². The van der Waals surface area contributed by atoms with Gasteiger partial charge in [-0.3, -0.25) is 19.5 Å². The molecule has 4 heterocycles. The first-order valence-corrected chi connectivity index (χ1v) is 16.3. The van der Waals surface area contributed by atoms with Crippen LogP contribution in [0.1, 0.15) is 55.6 Å². The van der Waals surface area contributed by atoms with Gasteiger partial charge in [-0.25, -0.2) is 9.78 Å². The van der Waals surface area contributed by atoms with Gasteiger partial charge >= 0.3 is 5.91 Å². The van der Waals surface area contributed by atoms with E-state index in [2.05, 4.69) is 56.1 Å². The second-order valence-corrected chi connectivity index (χ2v) is 12.3. The number of benzene rings is 1. The highest BCUT2D eigenvalue weighted by Crippen LogP contribution is 2.24. The Morgan fingerprint density at radius 1 is 1.08 bits per heavy atom. The zero-order valence-electron chi connectivity index (χ0n) is 29.6. The van der Waals surface area contributed by atoms with E-state index in [9.17, 15) is 19.5 Å². The van der Waals surface area contributed by atoms with Crippen molar-refractivity contribution in [3.05, 3.63) is 94.5 Å². The molecule has 1 fully saturated rings. The molecule has 3 amide bonds. The smallest absolute Gasteiger partial charge is 0.411 e. The summed E-state index contributed by atoms with van der Waals surface area (Å²) < 4.78 is 12.4. The highest BCUT2D eigenvalue weighted by Gasteiger charge is 2.37. The lowest BCUT2D eigenvalue weighted by Gasteiger charge is -2.35. The third-order valence-corrected chi connectivity index (χ3v) is 8.52. The largest absolute Gasteiger partial charge is 0.507 e. The van der Waals surface area contributed by atoms with Crippen LogP contribution >= 0.6 is 0 Å². The SMILES string of the molecule is C=CC(=O)[N+]1=C(C)CN(CCc2ccc(C)cn2)CC1.CNC(=O)c1cc(C(=O)Nc2ncc(C#CC3(OC)COC3)cc2C)c(C)cc1O. The molecule has 50 heavy (non-hydrogen) atoms. The number of anilines is 1. The number of carbonyl (C=O) groups is 3. The number of methoxy groups -OCH3 is 1. The van der Waals surface area contributed by atoms with Crippen LogP contribution in [-0.2, 0) is 20.7 Å². The minimum Gasteiger partial charge on any atom is -0.507 e. The summed E-state index contributed by atoms with van der Waals surface area (Å²) in [6.07, 6.45) is 5.81. The lowest BCUT2D eigenvalue weighted by Crippen LogP contribution is -2.50. The van der Waals surface area contributed by atoms with Crippen molar-refractivity contribution in [1.82, 2.24) is 20.2 Å². The van der Waals surface area contributed by atoms with Gasteiger partial charge in [0.2, 0.25) is 0 Å². The van der Waals surface area contributed by atoms with E-state index in [0.29, 0.717) is 30.2 Å². The predicted molar refractivity (Wildman–Crippen MR) is 191 cm³/mol. The average Bonchev–Trinajstić information content (AvgIpc) is 3.08. The fourth-order valence-electron chi connectivity index (χ4n) is 5.36. The number of phenolic OH excluding ortho intramolecular Hbond substituents is 1. The summed E-state index contributed by atoms with van der Waals surface area (Å²) in [6.45, 7) is 15.4. The standard InChI is InChI=1S/C22H23N3O5.C16H22N3O/c1-13-8-18(26)17(20(27)23-3)9-16(13)21(28)25-19-14(2)7-15(10-24-19)5-6-22(29-4)11-30-12-22;1-4-16(20)19-10-9-18(12-14(19)3)8-7-15-6-5-13(2)11-17-15/h7-10,26H,11-12H2,1-4H3,(H,23,27)(H,24,25,28);4-6,11H,1,7-10,12H2,2-3H3/q;+1. The summed E-state index contributed by atoms with van der Waals surface area (Å²) in [7, 11) is 3.05. The number of rotatable bonds is 8. The van der Waals surface area contributed by atoms with E-state index in [-0.39, 0.29) is 22.8 Å². The van der Waals surface area contributed by atoms with Crippen molar-refractivity contribution in [3.63, 3.8) is 0 Å². The van der Waals surface area contributed by atoms with E-state index in [1.165, 1.54) is 30.8 Å². The summed E-state index contributed by atoms with van der Waals surface area (Å²) in [4.78, 5) is 47.4. The van der Waals surface area contributed by atoms with Crippen molar-refractivity contribution in [2.75, 3.05) is 58.9 Å². The Kier molecular flexibility index (Phi) is 12.7. The predicted octanol–water partition coefficient (Wildman–Crippen LogP) is 3.22. The molecular formula is C38H45N6O6+. The number of pyridine rings is 2. The first kappa shape index (κ1) is 37.6. The second kappa shape index (κ2) is 16.9. The molecule has 0 aliphatic carbocycles. The zero-order chi connectivity index (χ0) is 36.4. The molecule has 3 aromatic rings. The summed E-state index contributed by atoms with van der Waals surface area (Å²) in [5.41, 5.74) is 5.08. The van der Waals surface area contributed by atoms with E-state index in [1.807, 2.05) is 37.6 Å². The number of ether oxygens (including phenoxy) is 2. The van der Waals surface area contributed by atoms with E-state index in [1.54, 1.807) is 20.2 Å². The highest BCUT2D eigenvalue weighted by molar-refractivity contribution is 6.07. The fraction of sp³-hybridized carbons (Fsp3) is 0.368. The van der Waals surface area contributed by atoms with E-state index in [4.69, 9.17) is 9.47 Å². The molecule has 12 nitrogen and oxygen atoms in total. The minimum atomic E-state index is -0.570. The first-order valence-electron chi connectivity index (χ1n) is 16.3. The molecule has 0 atom stereocenters. The number of nitrogens with zero attached hydrogens (tertiary/aromatic N) is 4. The van der Waals surface area contributed by atoms with E-state index in [0.717, 1.165) is 49.6 Å². The number of aromatic hydroxyl groups is 1. The van der Waals surface area contributed by atoms with Gasteiger partial charge < -0.3 is 25.2 Å². The van der Waals surface area contributed by atoms with Crippen molar-refractivity contribution < 1.29 is 33.5 Å². The molecule has 262 valence electrons. The Hall–Kier alpha value is -5.22. The summed E-state index contributed by atoms with van der Waals surface area (Å²) >= 11 is 0. The van der Waals surface area contributed by atoms with Crippen molar-refractivity contribution >= 4 is 29.3 Å². The highest BCUT2D eigenvalue weighted by atomic mass is 16.6. The number of hydrogen-bond donors (Lipinski definition) is 3. The third kappa shape index (κ3) is 9.47. The van der Waals surface area contributed by atoms with Gasteiger partial charge in [-0.05, 0) is 61.7 Å². The van der Waals surface area contributed by atoms with E-state index < -0.39 is 17.4 Å². The number of phenols is 1. The Morgan fingerprint density at radius 2 is 1.84 bits per heavy atom. The van der Waals surface area contributed by atoms with Crippen LogP contribution in [0.2, 0.25) is 0 Å². The van der Waals surface area contributed by atoms with Crippen LogP contribution in [0.5, 0.6) is 5.75 Å². The molecule has 1 aromatic carbocycles. The minimum absolute atomic E-state index is 0.00218. The Balaban J connectivity index is 0.000000244. The number of aryl methyl sites for hydroxylation is 3. The van der Waals surface area contributed by atoms with Crippen LogP contribution in [-0.4, -0.2) is 107 Å². The molecule has 0 saturated carbocycles. The summed E-state index contributed by atoms with van der Waals surface area (Å²) in [5, 5.41) is 15.2. The van der Waals surface area contributed by atoms with Gasteiger partial charge in [0.15, 0.2) is 17.9 Å². The molecule has 3 N–H and O–H groups in total. The Morgan fingerprint density at radius 3 is 2.42 bits per heavy atom. The number of aromatic nitrogens is 2. The molecule has 2 aromatic heterocycles. The van der Waals surface area contributed by atoms with Crippen molar-refractivity contribution in [3.8, 4) is 17.6 Å². The van der Waals surface area contributed by atoms with Crippen molar-refractivity contribution in [2.24, 2.45) is 0 Å². The fourth-order valence-corrected chi connectivity index (χ4v) is 5.36. The molecule has 2 aliphatic rings. The lowest BCUT2D eigenvalue weighted by atomic mass is 10.0. The van der Waals surface area contributed by atoms with Crippen LogP contribution in [0.4, 0.5) is 5.82 Å². The molecular weight excluding hydrogens is 636 g/mol. The maximum Gasteiger partial charge on any atom is 0.411 e. The molecule has 5 rings (SSSR count). The Bertz CT molecular complexity index is 1850.